The van der Waals surface area contributed by atoms with Crippen LogP contribution in [0.3, 0.4) is 0 Å². The first-order valence-corrected chi connectivity index (χ1v) is 6.40. The number of nitrogens with zero attached hydrogens (tertiary/aromatic N) is 1. The molecule has 0 saturated carbocycles. The molecule has 0 fully saturated rings. The molecule has 0 aromatic heterocycles. The van der Waals surface area contributed by atoms with Gasteiger partial charge in [-0.05, 0) is 32.1 Å². The molecule has 10 heteroatoms. The second-order valence-corrected chi connectivity index (χ2v) is 6.48. The molecule has 0 radical (unpaired) electrons. The van der Waals surface area contributed by atoms with Gasteiger partial charge >= 0.3 is 59.1 Å². The second-order valence-electron chi connectivity index (χ2n) is 3.62. The van der Waals surface area contributed by atoms with Crippen molar-refractivity contribution in [2.45, 2.75) is 11.7 Å². The van der Waals surface area contributed by atoms with Gasteiger partial charge in [0.15, 0.2) is 0 Å². The fourth-order valence-corrected chi connectivity index (χ4v) is 3.21. The van der Waals surface area contributed by atoms with Crippen LogP contribution in [0.15, 0.2) is 0 Å². The normalized spacial score (nSPS) is 16.9. The van der Waals surface area contributed by atoms with Gasteiger partial charge in [-0.15, -0.1) is 0 Å². The topological polar surface area (TPSA) is 101 Å². The molecule has 0 heterocycles. The van der Waals surface area contributed by atoms with Crippen LogP contribution in [-0.2, 0) is 21.2 Å². The van der Waals surface area contributed by atoms with Gasteiger partial charge in [-0.2, -0.15) is 0 Å². The molecule has 0 N–H and O–H groups in total. The van der Waals surface area contributed by atoms with Crippen LogP contribution < -0.4 is 59.1 Å². The van der Waals surface area contributed by atoms with Crippen molar-refractivity contribution in [3.8, 4) is 0 Å². The smallest absolute Gasteiger partial charge is 0.772 e. The van der Waals surface area contributed by atoms with Gasteiger partial charge in [0.2, 0.25) is 0 Å². The minimum atomic E-state index is -4.54. The van der Waals surface area contributed by atoms with Crippen LogP contribution in [0.2, 0.25) is 0 Å². The Morgan fingerprint density at radius 3 is 1.88 bits per heavy atom. The van der Waals surface area contributed by atoms with E-state index in [1.165, 1.54) is 11.8 Å². The first-order valence-electron chi connectivity index (χ1n) is 3.74. The fourth-order valence-electron chi connectivity index (χ4n) is 1.19. The summed E-state index contributed by atoms with van der Waals surface area (Å²) in [5, 5.41) is 0. The Bertz CT molecular complexity index is 321. The van der Waals surface area contributed by atoms with Gasteiger partial charge in [0.05, 0.1) is 20.6 Å². The van der Waals surface area contributed by atoms with Crippen molar-refractivity contribution in [1.82, 2.24) is 4.90 Å². The molecule has 86 valence electrons. The minimum absolute atomic E-state index is 0. The Labute approximate surface area is 143 Å². The van der Waals surface area contributed by atoms with E-state index in [0.717, 1.165) is 0 Å². The fraction of sp³-hybridized carbons (Fsp3) is 1.00. The van der Waals surface area contributed by atoms with Crippen molar-refractivity contribution in [3.05, 3.63) is 0 Å². The Kier molecular flexibility index (Phi) is 13.0. The molecule has 0 spiro atoms. The molecule has 0 saturated heterocycles. The summed E-state index contributed by atoms with van der Waals surface area (Å²) in [6.07, 6.45) is 0. The van der Waals surface area contributed by atoms with Gasteiger partial charge in [0, 0.05) is 6.54 Å². The van der Waals surface area contributed by atoms with Gasteiger partial charge in [-0.1, -0.05) is 0 Å². The van der Waals surface area contributed by atoms with Gasteiger partial charge < -0.3 is 14.0 Å². The number of rotatable bonds is 5. The van der Waals surface area contributed by atoms with Crippen molar-refractivity contribution in [3.63, 3.8) is 0 Å². The summed E-state index contributed by atoms with van der Waals surface area (Å²) in [5.74, 6) is -0.908. The van der Waals surface area contributed by atoms with Crippen LogP contribution in [0.4, 0.5) is 0 Å². The molecule has 0 bridgehead atoms. The van der Waals surface area contributed by atoms with Crippen LogP contribution in [0, 0.1) is 0 Å². The van der Waals surface area contributed by atoms with E-state index in [4.69, 9.17) is 0 Å². The third kappa shape index (κ3) is 9.95. The Hall–Kier alpha value is 1.98. The summed E-state index contributed by atoms with van der Waals surface area (Å²) in [4.78, 5) is 1.51. The zero-order chi connectivity index (χ0) is 11.6. The van der Waals surface area contributed by atoms with Gasteiger partial charge in [-0.3, -0.25) is 4.21 Å². The largest absolute Gasteiger partial charge is 1.00 e. The third-order valence-corrected chi connectivity index (χ3v) is 3.79. The summed E-state index contributed by atoms with van der Waals surface area (Å²) in [6.45, 7) is 1.22. The summed E-state index contributed by atoms with van der Waals surface area (Å²) in [5.41, 5.74) is 0. The van der Waals surface area contributed by atoms with E-state index in [0.29, 0.717) is 0 Å². The quantitative estimate of drug-likeness (QED) is 0.283. The molecule has 2 atom stereocenters. The van der Waals surface area contributed by atoms with E-state index < -0.39 is 31.7 Å². The summed E-state index contributed by atoms with van der Waals surface area (Å²) in [6, 6.07) is 0. The van der Waals surface area contributed by atoms with Crippen LogP contribution in [0.25, 0.3) is 0 Å². The zero-order valence-corrected chi connectivity index (χ0v) is 15.9. The number of hydrogen-bond acceptors (Lipinski definition) is 6. The molecule has 16 heavy (non-hydrogen) atoms. The van der Waals surface area contributed by atoms with Gasteiger partial charge in [0.1, 0.15) is 0 Å². The predicted molar refractivity (Wildman–Crippen MR) is 50.4 cm³/mol. The van der Waals surface area contributed by atoms with E-state index in [2.05, 4.69) is 0 Å². The molecule has 0 aliphatic rings. The van der Waals surface area contributed by atoms with Crippen molar-refractivity contribution < 1.29 is 80.8 Å². The summed E-state index contributed by atoms with van der Waals surface area (Å²) < 4.78 is 51.5. The SMILES string of the molecule is CN(C)CC(C)(CS(=O)(=O)[O-])S(=O)[O-].[Na+].[Na+]. The first kappa shape index (κ1) is 23.1. The summed E-state index contributed by atoms with van der Waals surface area (Å²) in [7, 11) is -1.34. The zero-order valence-electron chi connectivity index (χ0n) is 10.2. The molecular formula is C6H13NNa2O5S2. The Morgan fingerprint density at radius 2 is 1.69 bits per heavy atom. The third-order valence-electron chi connectivity index (χ3n) is 1.54. The standard InChI is InChI=1S/C6H15NO5S2.2Na/c1-6(13(8)9,4-7(2)3)5-14(10,11)12;;/h4-5H2,1-3H3,(H,8,9)(H,10,11,12);;/q;2*+1/p-2. The first-order chi connectivity index (χ1) is 6.07. The van der Waals surface area contributed by atoms with Crippen molar-refractivity contribution in [2.75, 3.05) is 26.4 Å². The molecule has 0 rings (SSSR count). The second kappa shape index (κ2) is 8.98. The monoisotopic (exact) mass is 289 g/mol. The van der Waals surface area contributed by atoms with Crippen LogP contribution in [0.1, 0.15) is 6.92 Å². The van der Waals surface area contributed by atoms with E-state index in [1.54, 1.807) is 14.1 Å². The maximum absolute atomic E-state index is 10.8. The van der Waals surface area contributed by atoms with Gasteiger partial charge in [-0.25, -0.2) is 8.42 Å². The van der Waals surface area contributed by atoms with E-state index >= 15 is 0 Å². The van der Waals surface area contributed by atoms with Crippen molar-refractivity contribution in [1.29, 1.82) is 0 Å². The molecule has 0 aliphatic carbocycles. The Morgan fingerprint density at radius 1 is 1.31 bits per heavy atom. The molecule has 2 unspecified atom stereocenters. The molecule has 0 aliphatic heterocycles. The van der Waals surface area contributed by atoms with Crippen LogP contribution in [0.5, 0.6) is 0 Å². The van der Waals surface area contributed by atoms with Gasteiger partial charge in [0.25, 0.3) is 0 Å². The molecule has 6 nitrogen and oxygen atoms in total. The van der Waals surface area contributed by atoms with Crippen molar-refractivity contribution >= 4 is 21.2 Å². The van der Waals surface area contributed by atoms with Crippen LogP contribution in [-0.4, -0.2) is 57.8 Å². The molecule has 0 aromatic rings. The average molecular weight is 289 g/mol. The predicted octanol–water partition coefficient (Wildman–Crippen LogP) is -7.26. The van der Waals surface area contributed by atoms with E-state index in [-0.39, 0.29) is 65.7 Å². The van der Waals surface area contributed by atoms with E-state index in [1.807, 2.05) is 0 Å². The van der Waals surface area contributed by atoms with Crippen molar-refractivity contribution in [2.24, 2.45) is 0 Å². The molecular weight excluding hydrogens is 276 g/mol. The minimum Gasteiger partial charge on any atom is -0.772 e. The maximum atomic E-state index is 10.8. The average Bonchev–Trinajstić information content (AvgIpc) is 1.79. The molecule has 0 aromatic carbocycles. The molecule has 0 amide bonds. The Balaban J connectivity index is -0.000000845. The maximum Gasteiger partial charge on any atom is 1.00 e. The van der Waals surface area contributed by atoms with Crippen LogP contribution >= 0.6 is 0 Å². The summed E-state index contributed by atoms with van der Waals surface area (Å²) >= 11 is -2.61. The number of hydrogen-bond donors (Lipinski definition) is 0. The van der Waals surface area contributed by atoms with E-state index in [9.17, 15) is 21.7 Å².